The maximum atomic E-state index is 12.4. The Hall–Kier alpha value is -2.18. The first-order valence-electron chi connectivity index (χ1n) is 7.80. The molecule has 6 heteroatoms. The van der Waals surface area contributed by atoms with Crippen LogP contribution in [0.15, 0.2) is 40.9 Å². The highest BCUT2D eigenvalue weighted by Gasteiger charge is 2.29. The van der Waals surface area contributed by atoms with Crippen molar-refractivity contribution in [3.8, 4) is 17.0 Å². The Bertz CT molecular complexity index is 980. The van der Waals surface area contributed by atoms with Gasteiger partial charge in [0, 0.05) is 26.9 Å². The maximum Gasteiger partial charge on any atom is 0.257 e. The highest BCUT2D eigenvalue weighted by atomic mass is 79.9. The number of nitrogens with one attached hydrogen (secondary N) is 1. The number of benzene rings is 2. The van der Waals surface area contributed by atoms with Crippen LogP contribution in [0.5, 0.6) is 5.75 Å². The molecule has 0 radical (unpaired) electrons. The third kappa shape index (κ3) is 2.85. The Morgan fingerprint density at radius 1 is 1.24 bits per heavy atom. The van der Waals surface area contributed by atoms with Crippen molar-refractivity contribution < 1.29 is 9.53 Å². The van der Waals surface area contributed by atoms with Gasteiger partial charge in [-0.3, -0.25) is 10.1 Å². The largest absolute Gasteiger partial charge is 0.496 e. The molecular weight excluding hydrogens is 400 g/mol. The van der Waals surface area contributed by atoms with E-state index in [1.807, 2.05) is 43.3 Å². The molecule has 1 N–H and O–H groups in total. The molecule has 0 saturated heterocycles. The Kier molecular flexibility index (Phi) is 4.09. The van der Waals surface area contributed by atoms with Crippen LogP contribution in [0.1, 0.15) is 26.4 Å². The molecule has 1 heterocycles. The van der Waals surface area contributed by atoms with Gasteiger partial charge in [0.05, 0.1) is 12.8 Å². The number of carbonyl (C=O) groups excluding carboxylic acids is 1. The van der Waals surface area contributed by atoms with E-state index in [1.165, 1.54) is 16.9 Å². The lowest BCUT2D eigenvalue weighted by atomic mass is 10.1. The van der Waals surface area contributed by atoms with Gasteiger partial charge in [0.25, 0.3) is 5.91 Å². The van der Waals surface area contributed by atoms with Gasteiger partial charge in [0.15, 0.2) is 5.13 Å². The second-order valence-corrected chi connectivity index (χ2v) is 7.83. The van der Waals surface area contributed by atoms with Gasteiger partial charge in [0.2, 0.25) is 0 Å². The van der Waals surface area contributed by atoms with E-state index in [1.54, 1.807) is 7.11 Å². The van der Waals surface area contributed by atoms with E-state index >= 15 is 0 Å². The lowest BCUT2D eigenvalue weighted by Gasteiger charge is -2.09. The SMILES string of the molecule is COc1ccc(Br)c2c1-c1nc(NC(=O)c3ccc(C)cc3)sc1C2. The maximum absolute atomic E-state index is 12.4. The second kappa shape index (κ2) is 6.28. The van der Waals surface area contributed by atoms with Crippen molar-refractivity contribution in [2.24, 2.45) is 0 Å². The first-order chi connectivity index (χ1) is 12.1. The monoisotopic (exact) mass is 414 g/mol. The number of nitrogens with zero attached hydrogens (tertiary/aromatic N) is 1. The summed E-state index contributed by atoms with van der Waals surface area (Å²) in [7, 11) is 1.66. The quantitative estimate of drug-likeness (QED) is 0.510. The summed E-state index contributed by atoms with van der Waals surface area (Å²) in [5, 5.41) is 3.52. The molecule has 1 aliphatic rings. The number of fused-ring (bicyclic) bond motifs is 3. The number of carbonyl (C=O) groups is 1. The van der Waals surface area contributed by atoms with Crippen molar-refractivity contribution in [3.05, 3.63) is 62.4 Å². The van der Waals surface area contributed by atoms with Crippen LogP contribution in [-0.2, 0) is 6.42 Å². The smallest absolute Gasteiger partial charge is 0.257 e. The first kappa shape index (κ1) is 16.3. The predicted octanol–water partition coefficient (Wildman–Crippen LogP) is 5.05. The number of amides is 1. The van der Waals surface area contributed by atoms with Crippen molar-refractivity contribution in [3.63, 3.8) is 0 Å². The van der Waals surface area contributed by atoms with Crippen LogP contribution in [0.25, 0.3) is 11.3 Å². The van der Waals surface area contributed by atoms with Gasteiger partial charge in [0.1, 0.15) is 5.75 Å². The zero-order valence-electron chi connectivity index (χ0n) is 13.7. The van der Waals surface area contributed by atoms with E-state index in [9.17, 15) is 4.79 Å². The molecule has 126 valence electrons. The van der Waals surface area contributed by atoms with Crippen molar-refractivity contribution in [2.75, 3.05) is 12.4 Å². The summed E-state index contributed by atoms with van der Waals surface area (Å²) in [4.78, 5) is 18.2. The second-order valence-electron chi connectivity index (χ2n) is 5.89. The molecule has 4 nitrogen and oxygen atoms in total. The number of hydrogen-bond acceptors (Lipinski definition) is 4. The van der Waals surface area contributed by atoms with E-state index in [0.29, 0.717) is 10.7 Å². The summed E-state index contributed by atoms with van der Waals surface area (Å²) >= 11 is 5.11. The zero-order valence-corrected chi connectivity index (χ0v) is 16.1. The fraction of sp³-hybridized carbons (Fsp3) is 0.158. The van der Waals surface area contributed by atoms with Crippen LogP contribution in [0, 0.1) is 6.92 Å². The van der Waals surface area contributed by atoms with Gasteiger partial charge in [-0.25, -0.2) is 4.98 Å². The molecule has 0 saturated carbocycles. The molecule has 1 aromatic heterocycles. The Morgan fingerprint density at radius 2 is 2.00 bits per heavy atom. The predicted molar refractivity (Wildman–Crippen MR) is 104 cm³/mol. The van der Waals surface area contributed by atoms with Gasteiger partial charge in [-0.05, 0) is 36.8 Å². The highest BCUT2D eigenvalue weighted by Crippen LogP contribution is 2.48. The summed E-state index contributed by atoms with van der Waals surface area (Å²) in [5.41, 5.74) is 4.85. The molecule has 0 spiro atoms. The van der Waals surface area contributed by atoms with E-state index in [4.69, 9.17) is 4.74 Å². The van der Waals surface area contributed by atoms with Crippen LogP contribution < -0.4 is 10.1 Å². The minimum atomic E-state index is -0.145. The molecule has 25 heavy (non-hydrogen) atoms. The van der Waals surface area contributed by atoms with Gasteiger partial charge < -0.3 is 4.74 Å². The number of halogens is 1. The molecule has 0 aliphatic heterocycles. The number of hydrogen-bond donors (Lipinski definition) is 1. The summed E-state index contributed by atoms with van der Waals surface area (Å²) < 4.78 is 6.55. The number of methoxy groups -OCH3 is 1. The van der Waals surface area contributed by atoms with Crippen LogP contribution >= 0.6 is 27.3 Å². The number of ether oxygens (including phenoxy) is 1. The number of aryl methyl sites for hydroxylation is 1. The van der Waals surface area contributed by atoms with Crippen LogP contribution in [-0.4, -0.2) is 18.0 Å². The number of rotatable bonds is 3. The molecule has 0 atom stereocenters. The van der Waals surface area contributed by atoms with Crippen LogP contribution in [0.3, 0.4) is 0 Å². The summed E-state index contributed by atoms with van der Waals surface area (Å²) in [5.74, 6) is 0.660. The van der Waals surface area contributed by atoms with E-state index < -0.39 is 0 Å². The minimum Gasteiger partial charge on any atom is -0.496 e. The average molecular weight is 415 g/mol. The lowest BCUT2D eigenvalue weighted by molar-refractivity contribution is 0.102. The molecule has 0 fully saturated rings. The number of aromatic nitrogens is 1. The molecule has 3 aromatic rings. The molecular formula is C19H15BrN2O2S. The molecule has 1 aliphatic carbocycles. The third-order valence-electron chi connectivity index (χ3n) is 4.24. The van der Waals surface area contributed by atoms with Crippen molar-refractivity contribution in [1.82, 2.24) is 4.98 Å². The standard InChI is InChI=1S/C19H15BrN2O2S/c1-10-3-5-11(6-4-10)18(23)22-19-21-17-15(25-19)9-12-13(20)7-8-14(24-2)16(12)17/h3-8H,9H2,1-2H3,(H,21,22,23). The van der Waals surface area contributed by atoms with Gasteiger partial charge in [-0.15, -0.1) is 11.3 Å². The average Bonchev–Trinajstić information content (AvgIpc) is 3.14. The van der Waals surface area contributed by atoms with Crippen molar-refractivity contribution in [1.29, 1.82) is 0 Å². The normalized spacial score (nSPS) is 11.8. The molecule has 0 bridgehead atoms. The zero-order chi connectivity index (χ0) is 17.6. The Balaban J connectivity index is 1.65. The molecule has 2 aromatic carbocycles. The molecule has 4 rings (SSSR count). The Labute approximate surface area is 158 Å². The van der Waals surface area contributed by atoms with Crippen molar-refractivity contribution in [2.45, 2.75) is 13.3 Å². The third-order valence-corrected chi connectivity index (χ3v) is 5.96. The lowest BCUT2D eigenvalue weighted by Crippen LogP contribution is -2.11. The fourth-order valence-electron chi connectivity index (χ4n) is 2.96. The van der Waals surface area contributed by atoms with E-state index in [2.05, 4.69) is 26.2 Å². The van der Waals surface area contributed by atoms with Gasteiger partial charge in [-0.1, -0.05) is 33.6 Å². The number of thiazole rings is 1. The van der Waals surface area contributed by atoms with E-state index in [-0.39, 0.29) is 5.91 Å². The van der Waals surface area contributed by atoms with Gasteiger partial charge in [-0.2, -0.15) is 0 Å². The van der Waals surface area contributed by atoms with Crippen LogP contribution in [0.4, 0.5) is 5.13 Å². The summed E-state index contributed by atoms with van der Waals surface area (Å²) in [6, 6.07) is 11.4. The van der Waals surface area contributed by atoms with Crippen molar-refractivity contribution >= 4 is 38.3 Å². The summed E-state index contributed by atoms with van der Waals surface area (Å²) in [6.45, 7) is 2.00. The molecule has 0 unspecified atom stereocenters. The highest BCUT2D eigenvalue weighted by molar-refractivity contribution is 9.10. The first-order valence-corrected chi connectivity index (χ1v) is 9.41. The Morgan fingerprint density at radius 3 is 2.72 bits per heavy atom. The van der Waals surface area contributed by atoms with E-state index in [0.717, 1.165) is 38.3 Å². The number of anilines is 1. The van der Waals surface area contributed by atoms with Gasteiger partial charge >= 0.3 is 0 Å². The fourth-order valence-corrected chi connectivity index (χ4v) is 4.40. The molecule has 1 amide bonds. The minimum absolute atomic E-state index is 0.145. The van der Waals surface area contributed by atoms with Crippen LogP contribution in [0.2, 0.25) is 0 Å². The summed E-state index contributed by atoms with van der Waals surface area (Å²) in [6.07, 6.45) is 0.792. The topological polar surface area (TPSA) is 51.2 Å².